The number of ether oxygens (including phenoxy) is 3. The topological polar surface area (TPSA) is 137 Å². The lowest BCUT2D eigenvalue weighted by molar-refractivity contribution is -0.922. The lowest BCUT2D eigenvalue weighted by Gasteiger charge is -2.47. The fourth-order valence-electron chi connectivity index (χ4n) is 3.68. The largest absolute Gasteiger partial charge is 0.746 e. The molecule has 34 heavy (non-hydrogen) atoms. The van der Waals surface area contributed by atoms with E-state index in [1.54, 1.807) is 33.3 Å². The van der Waals surface area contributed by atoms with E-state index >= 15 is 0 Å². The minimum atomic E-state index is -5.16. The Kier molecular flexibility index (Phi) is 8.79. The van der Waals surface area contributed by atoms with Gasteiger partial charge in [-0.25, -0.2) is 8.42 Å². The second kappa shape index (κ2) is 11.2. The molecule has 11 heteroatoms. The van der Waals surface area contributed by atoms with Crippen molar-refractivity contribution >= 4 is 10.1 Å². The fourth-order valence-corrected chi connectivity index (χ4v) is 4.23. The monoisotopic (exact) mass is 496 g/mol. The van der Waals surface area contributed by atoms with Crippen molar-refractivity contribution in [2.45, 2.75) is 49.3 Å². The molecule has 1 aliphatic rings. The third-order valence-corrected chi connectivity index (χ3v) is 6.12. The molecule has 0 amide bonds. The minimum absolute atomic E-state index is 0.0162. The first kappa shape index (κ1) is 26.7. The van der Waals surface area contributed by atoms with E-state index in [0.29, 0.717) is 0 Å². The van der Waals surface area contributed by atoms with Crippen molar-refractivity contribution in [1.82, 2.24) is 5.43 Å². The highest BCUT2D eigenvalue weighted by molar-refractivity contribution is 7.86. The molecule has 6 atom stereocenters. The van der Waals surface area contributed by atoms with Crippen LogP contribution in [0.1, 0.15) is 11.1 Å². The van der Waals surface area contributed by atoms with Crippen molar-refractivity contribution < 1.29 is 42.0 Å². The Morgan fingerprint density at radius 2 is 1.44 bits per heavy atom. The van der Waals surface area contributed by atoms with Gasteiger partial charge in [-0.05, 0) is 11.1 Å². The van der Waals surface area contributed by atoms with Crippen molar-refractivity contribution in [3.63, 3.8) is 0 Å². The lowest BCUT2D eigenvalue weighted by Crippen LogP contribution is -2.69. The maximum Gasteiger partial charge on any atom is 0.181 e. The Morgan fingerprint density at radius 1 is 0.971 bits per heavy atom. The van der Waals surface area contributed by atoms with E-state index < -0.39 is 46.2 Å². The summed E-state index contributed by atoms with van der Waals surface area (Å²) >= 11 is 0. The highest BCUT2D eigenvalue weighted by Gasteiger charge is 2.52. The van der Waals surface area contributed by atoms with Gasteiger partial charge in [0, 0.05) is 0 Å². The van der Waals surface area contributed by atoms with Crippen LogP contribution in [0.5, 0.6) is 0 Å². The van der Waals surface area contributed by atoms with Gasteiger partial charge in [0.2, 0.25) is 0 Å². The van der Waals surface area contributed by atoms with Crippen LogP contribution >= 0.6 is 0 Å². The molecular formula is C23H32N2O8S. The van der Waals surface area contributed by atoms with Gasteiger partial charge in [0.05, 0.1) is 34.4 Å². The summed E-state index contributed by atoms with van der Waals surface area (Å²) in [4.78, 5) is 0. The lowest BCUT2D eigenvalue weighted by atomic mass is 9.97. The van der Waals surface area contributed by atoms with Crippen LogP contribution < -0.4 is 5.43 Å². The van der Waals surface area contributed by atoms with E-state index in [9.17, 15) is 23.2 Å². The SMILES string of the molecule is C[N+](C)(C)NC1OC(C(O)S(=O)(=O)[O-])C(OCc2ccccc2)C(OCc2ccccc2)C1O. The molecule has 188 valence electrons. The van der Waals surface area contributed by atoms with Crippen LogP contribution in [0.25, 0.3) is 0 Å². The van der Waals surface area contributed by atoms with Crippen LogP contribution in [0.15, 0.2) is 60.7 Å². The van der Waals surface area contributed by atoms with Gasteiger partial charge < -0.3 is 29.0 Å². The molecule has 1 heterocycles. The first-order valence-electron chi connectivity index (χ1n) is 10.8. The minimum Gasteiger partial charge on any atom is -0.746 e. The molecule has 0 bridgehead atoms. The van der Waals surface area contributed by atoms with Gasteiger partial charge in [-0.15, -0.1) is 5.43 Å². The number of hydrogen-bond donors (Lipinski definition) is 3. The molecule has 0 aromatic heterocycles. The number of nitrogens with zero attached hydrogens (tertiary/aromatic N) is 1. The summed E-state index contributed by atoms with van der Waals surface area (Å²) in [6.45, 7) is 0.0974. The smallest absolute Gasteiger partial charge is 0.181 e. The summed E-state index contributed by atoms with van der Waals surface area (Å²) in [6.07, 6.45) is -6.45. The van der Waals surface area contributed by atoms with Crippen molar-refractivity contribution in [2.75, 3.05) is 21.1 Å². The van der Waals surface area contributed by atoms with E-state index in [0.717, 1.165) is 11.1 Å². The molecule has 2 aromatic carbocycles. The van der Waals surface area contributed by atoms with Crippen LogP contribution in [-0.2, 0) is 37.5 Å². The van der Waals surface area contributed by atoms with Crippen LogP contribution in [0.2, 0.25) is 0 Å². The summed E-state index contributed by atoms with van der Waals surface area (Å²) in [5.41, 5.74) is 2.14. The molecule has 2 aromatic rings. The molecule has 1 fully saturated rings. The average Bonchev–Trinajstić information content (AvgIpc) is 2.78. The molecule has 3 N–H and O–H groups in total. The van der Waals surface area contributed by atoms with Crippen molar-refractivity contribution in [1.29, 1.82) is 0 Å². The summed E-state index contributed by atoms with van der Waals surface area (Å²) in [5, 5.41) is 21.5. The van der Waals surface area contributed by atoms with Gasteiger partial charge in [0.1, 0.15) is 34.5 Å². The van der Waals surface area contributed by atoms with E-state index in [1.807, 2.05) is 48.5 Å². The van der Waals surface area contributed by atoms with E-state index in [-0.39, 0.29) is 17.8 Å². The predicted octanol–water partition coefficient (Wildman–Crippen LogP) is 0.317. The molecule has 3 rings (SSSR count). The summed E-state index contributed by atoms with van der Waals surface area (Å²) in [5.74, 6) is 0. The van der Waals surface area contributed by atoms with E-state index in [2.05, 4.69) is 5.43 Å². The Bertz CT molecular complexity index is 1000. The van der Waals surface area contributed by atoms with Crippen LogP contribution in [0.3, 0.4) is 0 Å². The third kappa shape index (κ3) is 7.28. The van der Waals surface area contributed by atoms with Crippen molar-refractivity contribution in [3.05, 3.63) is 71.8 Å². The first-order chi connectivity index (χ1) is 16.0. The van der Waals surface area contributed by atoms with Gasteiger partial charge in [-0.2, -0.15) is 0 Å². The Labute approximate surface area is 200 Å². The fraction of sp³-hybridized carbons (Fsp3) is 0.478. The zero-order valence-electron chi connectivity index (χ0n) is 19.4. The van der Waals surface area contributed by atoms with E-state index in [4.69, 9.17) is 14.2 Å². The van der Waals surface area contributed by atoms with Gasteiger partial charge in [0.15, 0.2) is 11.7 Å². The third-order valence-electron chi connectivity index (χ3n) is 5.26. The molecule has 1 aliphatic heterocycles. The molecule has 0 saturated carbocycles. The number of hydrogen-bond acceptors (Lipinski definition) is 9. The number of aliphatic hydroxyl groups is 2. The van der Waals surface area contributed by atoms with Crippen molar-refractivity contribution in [2.24, 2.45) is 0 Å². The van der Waals surface area contributed by atoms with E-state index in [1.165, 1.54) is 0 Å². The summed E-state index contributed by atoms with van der Waals surface area (Å²) in [7, 11) is 0.140. The highest BCUT2D eigenvalue weighted by atomic mass is 32.2. The first-order valence-corrected chi connectivity index (χ1v) is 12.3. The van der Waals surface area contributed by atoms with Gasteiger partial charge in [-0.3, -0.25) is 4.59 Å². The second-order valence-electron chi connectivity index (χ2n) is 9.06. The quantitative estimate of drug-likeness (QED) is 0.241. The molecule has 0 spiro atoms. The van der Waals surface area contributed by atoms with Crippen LogP contribution in [0, 0.1) is 0 Å². The number of quaternary nitrogens is 1. The number of aliphatic hydroxyl groups excluding tert-OH is 2. The second-order valence-corrected chi connectivity index (χ2v) is 10.5. The van der Waals surface area contributed by atoms with Crippen molar-refractivity contribution in [3.8, 4) is 0 Å². The summed E-state index contributed by atoms with van der Waals surface area (Å²) in [6, 6.07) is 18.2. The molecule has 6 unspecified atom stereocenters. The molecule has 10 nitrogen and oxygen atoms in total. The van der Waals surface area contributed by atoms with Gasteiger partial charge >= 0.3 is 0 Å². The maximum atomic E-state index is 11.7. The zero-order chi connectivity index (χ0) is 24.9. The predicted molar refractivity (Wildman–Crippen MR) is 122 cm³/mol. The Morgan fingerprint density at radius 3 is 1.88 bits per heavy atom. The zero-order valence-corrected chi connectivity index (χ0v) is 20.2. The van der Waals surface area contributed by atoms with Crippen LogP contribution in [-0.4, -0.2) is 85.0 Å². The molecule has 0 aliphatic carbocycles. The standard InChI is InChI=1S/C23H32N2O8S/c1-25(2,3)24-22-18(26)19(31-14-16-10-6-4-7-11-16)20(21(33-22)23(27)34(28,29)30)32-15-17-12-8-5-9-13-17/h4-13,18-24,26-27H,14-15H2,1-3H3. The Hall–Kier alpha value is -1.93. The molecule has 1 saturated heterocycles. The maximum absolute atomic E-state index is 11.7. The highest BCUT2D eigenvalue weighted by Crippen LogP contribution is 2.30. The van der Waals surface area contributed by atoms with Gasteiger partial charge in [-0.1, -0.05) is 60.7 Å². The number of rotatable bonds is 10. The summed E-state index contributed by atoms with van der Waals surface area (Å²) < 4.78 is 53.0. The average molecular weight is 497 g/mol. The van der Waals surface area contributed by atoms with Crippen LogP contribution in [0.4, 0.5) is 0 Å². The molecule has 0 radical (unpaired) electrons. The molecular weight excluding hydrogens is 464 g/mol. The Balaban J connectivity index is 1.93. The number of benzene rings is 2. The number of nitrogens with one attached hydrogen (secondary N) is 1. The van der Waals surface area contributed by atoms with Gasteiger partial charge in [0.25, 0.3) is 0 Å². The normalized spacial score (nSPS) is 26.8.